The number of nitrogens with one attached hydrogen (secondary N) is 2. The molecule has 0 spiro atoms. The number of rotatable bonds is 4. The van der Waals surface area contributed by atoms with Gasteiger partial charge in [0, 0.05) is 16.8 Å². The molecule has 4 rings (SSSR count). The number of aromatic nitrogens is 2. The van der Waals surface area contributed by atoms with E-state index in [-0.39, 0.29) is 5.91 Å². The fourth-order valence-corrected chi connectivity index (χ4v) is 2.80. The molecule has 1 amide bonds. The van der Waals surface area contributed by atoms with E-state index < -0.39 is 0 Å². The van der Waals surface area contributed by atoms with Crippen molar-refractivity contribution in [3.8, 4) is 22.5 Å². The van der Waals surface area contributed by atoms with Gasteiger partial charge in [-0.3, -0.25) is 9.89 Å². The Balaban J connectivity index is 0.000000755. The Hall–Kier alpha value is -3.60. The van der Waals surface area contributed by atoms with E-state index in [4.69, 9.17) is 4.42 Å². The highest BCUT2D eigenvalue weighted by molar-refractivity contribution is 6.04. The molecule has 0 saturated carbocycles. The molecule has 0 bridgehead atoms. The van der Waals surface area contributed by atoms with Gasteiger partial charge in [0.15, 0.2) is 0 Å². The number of amides is 1. The lowest BCUT2D eigenvalue weighted by atomic mass is 10.0. The summed E-state index contributed by atoms with van der Waals surface area (Å²) in [6, 6.07) is 19.4. The van der Waals surface area contributed by atoms with Crippen LogP contribution in [0.15, 0.2) is 77.6 Å². The first-order valence-electron chi connectivity index (χ1n) is 9.67. The molecule has 29 heavy (non-hydrogen) atoms. The van der Waals surface area contributed by atoms with Crippen molar-refractivity contribution in [1.82, 2.24) is 10.2 Å². The summed E-state index contributed by atoms with van der Waals surface area (Å²) in [6.45, 7) is 6.28. The molecule has 0 saturated heterocycles. The molecule has 0 unspecified atom stereocenters. The Kier molecular flexibility index (Phi) is 6.63. The summed E-state index contributed by atoms with van der Waals surface area (Å²) in [5.41, 5.74) is 6.12. The van der Waals surface area contributed by atoms with Crippen LogP contribution < -0.4 is 5.32 Å². The van der Waals surface area contributed by atoms with Gasteiger partial charge in [-0.15, -0.1) is 0 Å². The van der Waals surface area contributed by atoms with Crippen LogP contribution in [-0.2, 0) is 0 Å². The summed E-state index contributed by atoms with van der Waals surface area (Å²) in [5, 5.41) is 10.4. The zero-order chi connectivity index (χ0) is 20.6. The van der Waals surface area contributed by atoms with Crippen molar-refractivity contribution < 1.29 is 9.21 Å². The second kappa shape index (κ2) is 9.55. The quantitative estimate of drug-likeness (QED) is 0.431. The second-order valence-corrected chi connectivity index (χ2v) is 6.74. The number of furan rings is 1. The number of benzene rings is 2. The Labute approximate surface area is 170 Å². The Morgan fingerprint density at radius 3 is 2.52 bits per heavy atom. The van der Waals surface area contributed by atoms with Gasteiger partial charge >= 0.3 is 0 Å². The van der Waals surface area contributed by atoms with Crippen LogP contribution in [-0.4, -0.2) is 16.1 Å². The predicted octanol–water partition coefficient (Wildman–Crippen LogP) is 6.31. The van der Waals surface area contributed by atoms with Crippen molar-refractivity contribution in [2.24, 2.45) is 0 Å². The molecule has 5 nitrogen and oxygen atoms in total. The van der Waals surface area contributed by atoms with Gasteiger partial charge in [0.25, 0.3) is 5.91 Å². The minimum Gasteiger partial charge on any atom is -0.472 e. The smallest absolute Gasteiger partial charge is 0.258 e. The summed E-state index contributed by atoms with van der Waals surface area (Å²) >= 11 is 0. The van der Waals surface area contributed by atoms with Gasteiger partial charge in [0.2, 0.25) is 0 Å². The van der Waals surface area contributed by atoms with Crippen LogP contribution in [0.2, 0.25) is 0 Å². The van der Waals surface area contributed by atoms with E-state index in [9.17, 15) is 4.79 Å². The molecule has 0 aliphatic rings. The van der Waals surface area contributed by atoms with Crippen molar-refractivity contribution in [2.45, 2.75) is 27.2 Å². The third-order valence-electron chi connectivity index (χ3n) is 4.22. The van der Waals surface area contributed by atoms with E-state index in [0.717, 1.165) is 28.1 Å². The molecule has 5 heteroatoms. The fourth-order valence-electron chi connectivity index (χ4n) is 2.80. The maximum absolute atomic E-state index is 12.2. The van der Waals surface area contributed by atoms with Gasteiger partial charge in [-0.05, 0) is 36.8 Å². The van der Waals surface area contributed by atoms with Crippen LogP contribution in [0, 0.1) is 6.92 Å². The van der Waals surface area contributed by atoms with Crippen LogP contribution in [0.5, 0.6) is 0 Å². The molecular formula is C24H25N3O2. The largest absolute Gasteiger partial charge is 0.472 e. The molecule has 0 aliphatic heterocycles. The maximum atomic E-state index is 12.2. The van der Waals surface area contributed by atoms with Crippen LogP contribution in [0.25, 0.3) is 22.5 Å². The molecule has 0 fully saturated rings. The summed E-state index contributed by atoms with van der Waals surface area (Å²) in [7, 11) is 0. The first-order chi connectivity index (χ1) is 14.1. The van der Waals surface area contributed by atoms with Gasteiger partial charge in [0.1, 0.15) is 6.26 Å². The zero-order valence-corrected chi connectivity index (χ0v) is 16.9. The van der Waals surface area contributed by atoms with Gasteiger partial charge in [0.05, 0.1) is 23.2 Å². The Morgan fingerprint density at radius 2 is 1.83 bits per heavy atom. The molecule has 2 aromatic carbocycles. The first-order valence-corrected chi connectivity index (χ1v) is 9.67. The van der Waals surface area contributed by atoms with Gasteiger partial charge in [-0.1, -0.05) is 56.7 Å². The van der Waals surface area contributed by atoms with E-state index >= 15 is 0 Å². The monoisotopic (exact) mass is 387 g/mol. The molecule has 4 aromatic rings. The summed E-state index contributed by atoms with van der Waals surface area (Å²) < 4.78 is 4.96. The third-order valence-corrected chi connectivity index (χ3v) is 4.22. The highest BCUT2D eigenvalue weighted by Crippen LogP contribution is 2.28. The van der Waals surface area contributed by atoms with Crippen LogP contribution >= 0.6 is 0 Å². The third kappa shape index (κ3) is 5.02. The van der Waals surface area contributed by atoms with Crippen LogP contribution in [0.1, 0.15) is 36.2 Å². The number of carbonyl (C=O) groups is 1. The van der Waals surface area contributed by atoms with Crippen molar-refractivity contribution in [2.75, 3.05) is 5.32 Å². The highest BCUT2D eigenvalue weighted by atomic mass is 16.3. The van der Waals surface area contributed by atoms with E-state index in [1.54, 1.807) is 6.07 Å². The molecule has 148 valence electrons. The number of hydrogen-bond donors (Lipinski definition) is 2. The summed E-state index contributed by atoms with van der Waals surface area (Å²) in [5.74, 6) is -0.205. The van der Waals surface area contributed by atoms with Crippen molar-refractivity contribution in [3.05, 3.63) is 84.3 Å². The summed E-state index contributed by atoms with van der Waals surface area (Å²) in [6.07, 6.45) is 4.15. The summed E-state index contributed by atoms with van der Waals surface area (Å²) in [4.78, 5) is 12.2. The lowest BCUT2D eigenvalue weighted by Crippen LogP contribution is -2.10. The van der Waals surface area contributed by atoms with Gasteiger partial charge in [-0.25, -0.2) is 0 Å². The number of hydrogen-bond acceptors (Lipinski definition) is 3. The van der Waals surface area contributed by atoms with Crippen molar-refractivity contribution in [1.29, 1.82) is 0 Å². The number of anilines is 1. The highest BCUT2D eigenvalue weighted by Gasteiger charge is 2.11. The zero-order valence-electron chi connectivity index (χ0n) is 16.9. The van der Waals surface area contributed by atoms with E-state index in [0.29, 0.717) is 11.3 Å². The standard InChI is InChI=1S/C21H17N3O2.C3H8/c1-14-7-8-17(22-21(25)16-9-10-26-13-16)11-18(14)20-12-19(23-24-20)15-5-3-2-4-6-15;1-3-2/h2-13H,1H3,(H,22,25)(H,23,24);3H2,1-2H3. The second-order valence-electron chi connectivity index (χ2n) is 6.74. The Bertz CT molecular complexity index is 1050. The van der Waals surface area contributed by atoms with E-state index in [2.05, 4.69) is 29.4 Å². The first kappa shape index (κ1) is 20.1. The molecule has 2 N–H and O–H groups in total. The van der Waals surface area contributed by atoms with Crippen LogP contribution in [0.4, 0.5) is 5.69 Å². The van der Waals surface area contributed by atoms with E-state index in [1.807, 2.05) is 61.5 Å². The molecule has 0 radical (unpaired) electrons. The predicted molar refractivity (Wildman–Crippen MR) is 117 cm³/mol. The minimum absolute atomic E-state index is 0.205. The fraction of sp³-hybridized carbons (Fsp3) is 0.167. The number of nitrogens with zero attached hydrogens (tertiary/aromatic N) is 1. The average molecular weight is 387 g/mol. The number of aryl methyl sites for hydroxylation is 1. The number of aromatic amines is 1. The minimum atomic E-state index is -0.205. The lowest BCUT2D eigenvalue weighted by Gasteiger charge is -2.08. The van der Waals surface area contributed by atoms with Gasteiger partial charge < -0.3 is 9.73 Å². The van der Waals surface area contributed by atoms with Gasteiger partial charge in [-0.2, -0.15) is 5.10 Å². The molecule has 2 aromatic heterocycles. The van der Waals surface area contributed by atoms with Crippen molar-refractivity contribution in [3.63, 3.8) is 0 Å². The molecular weight excluding hydrogens is 362 g/mol. The lowest BCUT2D eigenvalue weighted by molar-refractivity contribution is 0.102. The topological polar surface area (TPSA) is 70.9 Å². The normalized spacial score (nSPS) is 10.2. The average Bonchev–Trinajstić information content (AvgIpc) is 3.43. The Morgan fingerprint density at radius 1 is 1.07 bits per heavy atom. The SMILES string of the molecule is CCC.Cc1ccc(NC(=O)c2ccoc2)cc1-c1cc(-c2ccccc2)n[nH]1. The number of carbonyl (C=O) groups excluding carboxylic acids is 1. The van der Waals surface area contributed by atoms with Crippen molar-refractivity contribution >= 4 is 11.6 Å². The molecule has 2 heterocycles. The van der Waals surface area contributed by atoms with E-state index in [1.165, 1.54) is 18.9 Å². The maximum Gasteiger partial charge on any atom is 0.258 e. The van der Waals surface area contributed by atoms with Crippen LogP contribution in [0.3, 0.4) is 0 Å². The molecule has 0 aliphatic carbocycles. The molecule has 0 atom stereocenters. The number of H-pyrrole nitrogens is 1.